The molecule has 8 nitrogen and oxygen atoms in total. The largest absolute Gasteiger partial charge is 0.339 e. The highest BCUT2D eigenvalue weighted by Crippen LogP contribution is 2.30. The molecule has 4 heterocycles. The minimum absolute atomic E-state index is 0.394. The molecule has 0 atom stereocenters. The summed E-state index contributed by atoms with van der Waals surface area (Å²) in [6.07, 6.45) is 9.08. The Morgan fingerprint density at radius 1 is 1.28 bits per heavy atom. The van der Waals surface area contributed by atoms with Crippen LogP contribution in [0.3, 0.4) is 0 Å². The first-order valence-corrected chi connectivity index (χ1v) is 9.74. The van der Waals surface area contributed by atoms with Gasteiger partial charge in [-0.1, -0.05) is 6.08 Å². The molecule has 0 spiro atoms. The predicted octanol–water partition coefficient (Wildman–Crippen LogP) is 1.41. The maximum atomic E-state index is 11.6. The van der Waals surface area contributed by atoms with E-state index in [1.54, 1.807) is 10.9 Å². The van der Waals surface area contributed by atoms with Gasteiger partial charge in [0.05, 0.1) is 18.1 Å². The van der Waals surface area contributed by atoms with Crippen LogP contribution in [0.5, 0.6) is 0 Å². The van der Waals surface area contributed by atoms with Crippen molar-refractivity contribution in [1.82, 2.24) is 29.0 Å². The van der Waals surface area contributed by atoms with Crippen LogP contribution in [0.1, 0.15) is 12.1 Å². The molecule has 9 heteroatoms. The van der Waals surface area contributed by atoms with Gasteiger partial charge in [-0.15, -0.1) is 0 Å². The van der Waals surface area contributed by atoms with Gasteiger partial charge in [0.2, 0.25) is 10.0 Å². The van der Waals surface area contributed by atoms with E-state index in [9.17, 15) is 8.42 Å². The molecule has 0 unspecified atom stereocenters. The van der Waals surface area contributed by atoms with E-state index in [1.807, 2.05) is 25.4 Å². The van der Waals surface area contributed by atoms with E-state index >= 15 is 0 Å². The monoisotopic (exact) mass is 358 g/mol. The highest BCUT2D eigenvalue weighted by molar-refractivity contribution is 7.88. The molecule has 0 saturated heterocycles. The number of sulfonamides is 1. The summed E-state index contributed by atoms with van der Waals surface area (Å²) in [6, 6.07) is 2.03. The van der Waals surface area contributed by atoms with Crippen LogP contribution in [-0.2, 0) is 17.1 Å². The summed E-state index contributed by atoms with van der Waals surface area (Å²) in [5, 5.41) is 5.13. The first-order chi connectivity index (χ1) is 11.9. The van der Waals surface area contributed by atoms with Gasteiger partial charge in [-0.3, -0.25) is 4.68 Å². The summed E-state index contributed by atoms with van der Waals surface area (Å²) in [4.78, 5) is 12.0. The molecule has 0 bridgehead atoms. The second kappa shape index (κ2) is 5.78. The molecule has 130 valence electrons. The van der Waals surface area contributed by atoms with Gasteiger partial charge in [-0.2, -0.15) is 9.40 Å². The maximum absolute atomic E-state index is 11.6. The lowest BCUT2D eigenvalue weighted by molar-refractivity contribution is 0.445. The molecule has 0 amide bonds. The zero-order valence-corrected chi connectivity index (χ0v) is 14.8. The number of aromatic nitrogens is 5. The second-order valence-corrected chi connectivity index (χ2v) is 8.15. The smallest absolute Gasteiger partial charge is 0.211 e. The standard InChI is InChI=1S/C16H18N6O2S/c1-21-9-12(8-19-21)15-13-7-14(20-16(13)18-10-17-15)11-3-5-22(6-4-11)25(2,23)24/h3,7-10H,4-6H2,1-2H3,(H,17,18,20). The summed E-state index contributed by atoms with van der Waals surface area (Å²) in [7, 11) is -1.28. The van der Waals surface area contributed by atoms with Crippen LogP contribution in [0.15, 0.2) is 30.9 Å². The molecule has 4 rings (SSSR count). The fraction of sp³-hybridized carbons (Fsp3) is 0.312. The molecule has 0 aliphatic carbocycles. The number of nitrogens with one attached hydrogen (secondary N) is 1. The van der Waals surface area contributed by atoms with Gasteiger partial charge >= 0.3 is 0 Å². The van der Waals surface area contributed by atoms with Crippen molar-refractivity contribution in [3.8, 4) is 11.3 Å². The number of nitrogens with zero attached hydrogens (tertiary/aromatic N) is 5. The van der Waals surface area contributed by atoms with Crippen LogP contribution in [0.2, 0.25) is 0 Å². The highest BCUT2D eigenvalue weighted by atomic mass is 32.2. The third kappa shape index (κ3) is 2.96. The van der Waals surface area contributed by atoms with Crippen molar-refractivity contribution < 1.29 is 8.42 Å². The number of fused-ring (bicyclic) bond motifs is 1. The van der Waals surface area contributed by atoms with Gasteiger partial charge in [-0.05, 0) is 18.1 Å². The Morgan fingerprint density at radius 3 is 2.76 bits per heavy atom. The third-order valence-electron chi connectivity index (χ3n) is 4.39. The fourth-order valence-electron chi connectivity index (χ4n) is 3.08. The van der Waals surface area contributed by atoms with Crippen molar-refractivity contribution in [3.05, 3.63) is 36.6 Å². The lowest BCUT2D eigenvalue weighted by atomic mass is 10.1. The topological polar surface area (TPSA) is 96.8 Å². The normalized spacial score (nSPS) is 16.3. The van der Waals surface area contributed by atoms with Crippen molar-refractivity contribution >= 4 is 26.6 Å². The number of hydrogen-bond donors (Lipinski definition) is 1. The van der Waals surface area contributed by atoms with Gasteiger partial charge in [0.15, 0.2) is 0 Å². The average Bonchev–Trinajstić information content (AvgIpc) is 3.20. The minimum atomic E-state index is -3.15. The lowest BCUT2D eigenvalue weighted by Gasteiger charge is -2.23. The summed E-state index contributed by atoms with van der Waals surface area (Å²) < 4.78 is 26.5. The molecule has 3 aromatic heterocycles. The van der Waals surface area contributed by atoms with Crippen LogP contribution >= 0.6 is 0 Å². The van der Waals surface area contributed by atoms with Gasteiger partial charge in [-0.25, -0.2) is 18.4 Å². The molecule has 0 aromatic carbocycles. The average molecular weight is 358 g/mol. The van der Waals surface area contributed by atoms with Crippen LogP contribution in [-0.4, -0.2) is 56.8 Å². The Hall–Kier alpha value is -2.52. The van der Waals surface area contributed by atoms with Crippen molar-refractivity contribution in [1.29, 1.82) is 0 Å². The zero-order chi connectivity index (χ0) is 17.6. The third-order valence-corrected chi connectivity index (χ3v) is 5.66. The van der Waals surface area contributed by atoms with Crippen molar-refractivity contribution in [2.75, 3.05) is 19.3 Å². The van der Waals surface area contributed by atoms with Crippen molar-refractivity contribution in [3.63, 3.8) is 0 Å². The van der Waals surface area contributed by atoms with Crippen molar-refractivity contribution in [2.24, 2.45) is 7.05 Å². The molecular weight excluding hydrogens is 340 g/mol. The molecule has 25 heavy (non-hydrogen) atoms. The molecular formula is C16H18N6O2S. The van der Waals surface area contributed by atoms with Crippen LogP contribution in [0.4, 0.5) is 0 Å². The molecule has 1 N–H and O–H groups in total. The van der Waals surface area contributed by atoms with Gasteiger partial charge in [0, 0.05) is 43.0 Å². The number of H-pyrrole nitrogens is 1. The zero-order valence-electron chi connectivity index (χ0n) is 14.0. The Kier molecular flexibility index (Phi) is 3.69. The van der Waals surface area contributed by atoms with Gasteiger partial charge < -0.3 is 4.98 Å². The summed E-state index contributed by atoms with van der Waals surface area (Å²) in [5.41, 5.74) is 4.57. The SMILES string of the molecule is Cn1cc(-c2ncnc3[nH]c(C4=CCN(S(C)(=O)=O)CC4)cc23)cn1. The Bertz CT molecular complexity index is 1080. The van der Waals surface area contributed by atoms with E-state index in [1.165, 1.54) is 16.9 Å². The highest BCUT2D eigenvalue weighted by Gasteiger charge is 2.21. The molecule has 0 radical (unpaired) electrons. The number of aryl methyl sites for hydroxylation is 1. The van der Waals surface area contributed by atoms with Crippen LogP contribution < -0.4 is 0 Å². The van der Waals surface area contributed by atoms with E-state index in [4.69, 9.17) is 0 Å². The molecule has 1 aliphatic rings. The Balaban J connectivity index is 1.72. The summed E-state index contributed by atoms with van der Waals surface area (Å²) in [6.45, 7) is 0.881. The minimum Gasteiger partial charge on any atom is -0.339 e. The number of hydrogen-bond acceptors (Lipinski definition) is 5. The molecule has 0 saturated carbocycles. The van der Waals surface area contributed by atoms with E-state index in [-0.39, 0.29) is 0 Å². The van der Waals surface area contributed by atoms with E-state index in [0.717, 1.165) is 33.6 Å². The van der Waals surface area contributed by atoms with E-state index in [0.29, 0.717) is 19.5 Å². The first kappa shape index (κ1) is 16.0. The van der Waals surface area contributed by atoms with Crippen LogP contribution in [0, 0.1) is 0 Å². The summed E-state index contributed by atoms with van der Waals surface area (Å²) in [5.74, 6) is 0. The van der Waals surface area contributed by atoms with Gasteiger partial charge in [0.1, 0.15) is 12.0 Å². The summed E-state index contributed by atoms with van der Waals surface area (Å²) >= 11 is 0. The van der Waals surface area contributed by atoms with Crippen molar-refractivity contribution in [2.45, 2.75) is 6.42 Å². The molecule has 0 fully saturated rings. The fourth-order valence-corrected chi connectivity index (χ4v) is 3.85. The van der Waals surface area contributed by atoms with Crippen LogP contribution in [0.25, 0.3) is 27.9 Å². The lowest BCUT2D eigenvalue weighted by Crippen LogP contribution is -2.33. The number of rotatable bonds is 3. The van der Waals surface area contributed by atoms with E-state index < -0.39 is 10.0 Å². The predicted molar refractivity (Wildman–Crippen MR) is 95.1 cm³/mol. The maximum Gasteiger partial charge on any atom is 0.211 e. The van der Waals surface area contributed by atoms with Gasteiger partial charge in [0.25, 0.3) is 0 Å². The Morgan fingerprint density at radius 2 is 2.12 bits per heavy atom. The first-order valence-electron chi connectivity index (χ1n) is 7.89. The number of aromatic amines is 1. The quantitative estimate of drug-likeness (QED) is 0.763. The Labute approximate surface area is 145 Å². The molecule has 1 aliphatic heterocycles. The second-order valence-electron chi connectivity index (χ2n) is 6.17. The molecule has 3 aromatic rings. The van der Waals surface area contributed by atoms with E-state index in [2.05, 4.69) is 20.1 Å².